The number of benzene rings is 1. The third kappa shape index (κ3) is 4.62. The Balaban J connectivity index is 2.08. The van der Waals surface area contributed by atoms with Crippen molar-refractivity contribution in [3.8, 4) is 0 Å². The van der Waals surface area contributed by atoms with Crippen molar-refractivity contribution in [1.29, 1.82) is 0 Å². The van der Waals surface area contributed by atoms with Gasteiger partial charge < -0.3 is 10.0 Å². The molecule has 0 radical (unpaired) electrons. The summed E-state index contributed by atoms with van der Waals surface area (Å²) >= 11 is 0. The van der Waals surface area contributed by atoms with Gasteiger partial charge in [-0.1, -0.05) is 19.1 Å². The van der Waals surface area contributed by atoms with Crippen LogP contribution in [0, 0.1) is 5.82 Å². The molecular weight excluding hydrogens is 311 g/mol. The van der Waals surface area contributed by atoms with Crippen LogP contribution in [0.5, 0.6) is 0 Å². The van der Waals surface area contributed by atoms with Gasteiger partial charge in [-0.05, 0) is 42.7 Å². The molecular formula is C18H19FN2O3. The highest BCUT2D eigenvalue weighted by molar-refractivity contribution is 5.94. The number of pyridine rings is 1. The van der Waals surface area contributed by atoms with Crippen LogP contribution >= 0.6 is 0 Å². The second-order valence-electron chi connectivity index (χ2n) is 5.41. The summed E-state index contributed by atoms with van der Waals surface area (Å²) in [6.07, 6.45) is 2.61. The molecule has 0 aliphatic carbocycles. The van der Waals surface area contributed by atoms with Gasteiger partial charge in [-0.3, -0.25) is 4.79 Å². The van der Waals surface area contributed by atoms with Crippen LogP contribution < -0.4 is 0 Å². The molecule has 24 heavy (non-hydrogen) atoms. The first-order valence-electron chi connectivity index (χ1n) is 7.74. The highest BCUT2D eigenvalue weighted by Crippen LogP contribution is 2.10. The van der Waals surface area contributed by atoms with Crippen LogP contribution in [0.25, 0.3) is 0 Å². The minimum Gasteiger partial charge on any atom is -0.477 e. The van der Waals surface area contributed by atoms with Crippen molar-refractivity contribution in [1.82, 2.24) is 9.88 Å². The van der Waals surface area contributed by atoms with Crippen LogP contribution in [0.15, 0.2) is 42.6 Å². The molecule has 0 bridgehead atoms. The molecule has 1 aromatic heterocycles. The second kappa shape index (κ2) is 8.19. The number of carboxylic acids is 1. The van der Waals surface area contributed by atoms with E-state index in [1.165, 1.54) is 30.5 Å². The van der Waals surface area contributed by atoms with Crippen LogP contribution in [0.2, 0.25) is 0 Å². The molecule has 0 saturated heterocycles. The first-order valence-corrected chi connectivity index (χ1v) is 7.74. The van der Waals surface area contributed by atoms with Crippen molar-refractivity contribution in [2.45, 2.75) is 19.8 Å². The molecule has 0 atom stereocenters. The van der Waals surface area contributed by atoms with Gasteiger partial charge in [-0.2, -0.15) is 0 Å². The zero-order valence-corrected chi connectivity index (χ0v) is 13.4. The van der Waals surface area contributed by atoms with Crippen molar-refractivity contribution in [2.75, 3.05) is 13.1 Å². The van der Waals surface area contributed by atoms with Crippen LogP contribution in [-0.4, -0.2) is 40.0 Å². The standard InChI is InChI=1S/C18H19FN2O3/c1-2-9-21(10-8-13-4-3-5-15(19)11-13)17(22)14-6-7-16(18(23)24)20-12-14/h3-7,11-12H,2,8-10H2,1H3,(H,23,24). The van der Waals surface area contributed by atoms with Gasteiger partial charge in [0, 0.05) is 19.3 Å². The number of hydrogen-bond acceptors (Lipinski definition) is 3. The van der Waals surface area contributed by atoms with E-state index >= 15 is 0 Å². The molecule has 1 amide bonds. The normalized spacial score (nSPS) is 10.4. The molecule has 2 rings (SSSR count). The lowest BCUT2D eigenvalue weighted by atomic mass is 10.1. The van der Waals surface area contributed by atoms with Gasteiger partial charge in [0.1, 0.15) is 11.5 Å². The summed E-state index contributed by atoms with van der Waals surface area (Å²) in [7, 11) is 0. The number of hydrogen-bond donors (Lipinski definition) is 1. The number of nitrogens with zero attached hydrogens (tertiary/aromatic N) is 2. The van der Waals surface area contributed by atoms with Crippen molar-refractivity contribution < 1.29 is 19.1 Å². The number of rotatable bonds is 7. The molecule has 1 aromatic carbocycles. The van der Waals surface area contributed by atoms with Crippen LogP contribution in [0.3, 0.4) is 0 Å². The maximum Gasteiger partial charge on any atom is 0.354 e. The average molecular weight is 330 g/mol. The lowest BCUT2D eigenvalue weighted by molar-refractivity contribution is 0.0687. The lowest BCUT2D eigenvalue weighted by Gasteiger charge is -2.22. The Labute approximate surface area is 139 Å². The molecule has 0 saturated carbocycles. The zero-order valence-electron chi connectivity index (χ0n) is 13.4. The zero-order chi connectivity index (χ0) is 17.5. The molecule has 2 aromatic rings. The molecule has 0 aliphatic heterocycles. The number of halogens is 1. The van der Waals surface area contributed by atoms with Gasteiger partial charge in [0.15, 0.2) is 0 Å². The van der Waals surface area contributed by atoms with Gasteiger partial charge in [-0.15, -0.1) is 0 Å². The van der Waals surface area contributed by atoms with E-state index in [9.17, 15) is 14.0 Å². The SMILES string of the molecule is CCCN(CCc1cccc(F)c1)C(=O)c1ccc(C(=O)O)nc1. The molecule has 6 heteroatoms. The molecule has 0 fully saturated rings. The molecule has 1 N–H and O–H groups in total. The highest BCUT2D eigenvalue weighted by Gasteiger charge is 2.16. The van der Waals surface area contributed by atoms with Crippen molar-refractivity contribution in [3.63, 3.8) is 0 Å². The topological polar surface area (TPSA) is 70.5 Å². The number of aromatic carboxylic acids is 1. The van der Waals surface area contributed by atoms with E-state index in [1.54, 1.807) is 11.0 Å². The second-order valence-corrected chi connectivity index (χ2v) is 5.41. The van der Waals surface area contributed by atoms with Gasteiger partial charge in [0.25, 0.3) is 5.91 Å². The lowest BCUT2D eigenvalue weighted by Crippen LogP contribution is -2.33. The van der Waals surface area contributed by atoms with Gasteiger partial charge in [0.2, 0.25) is 0 Å². The molecule has 126 valence electrons. The van der Waals surface area contributed by atoms with Crippen molar-refractivity contribution in [2.24, 2.45) is 0 Å². The summed E-state index contributed by atoms with van der Waals surface area (Å²) in [6.45, 7) is 2.99. The fourth-order valence-electron chi connectivity index (χ4n) is 2.37. The average Bonchev–Trinajstić information content (AvgIpc) is 2.58. The number of aromatic nitrogens is 1. The predicted molar refractivity (Wildman–Crippen MR) is 87.5 cm³/mol. The van der Waals surface area contributed by atoms with E-state index in [0.717, 1.165) is 12.0 Å². The van der Waals surface area contributed by atoms with Crippen molar-refractivity contribution in [3.05, 3.63) is 65.2 Å². The van der Waals surface area contributed by atoms with Crippen LogP contribution in [-0.2, 0) is 6.42 Å². The van der Waals surface area contributed by atoms with E-state index in [-0.39, 0.29) is 17.4 Å². The monoisotopic (exact) mass is 330 g/mol. The smallest absolute Gasteiger partial charge is 0.354 e. The fraction of sp³-hybridized carbons (Fsp3) is 0.278. The summed E-state index contributed by atoms with van der Waals surface area (Å²) in [5.41, 5.74) is 1.06. The summed E-state index contributed by atoms with van der Waals surface area (Å²) in [5.74, 6) is -1.64. The summed E-state index contributed by atoms with van der Waals surface area (Å²) < 4.78 is 13.2. The fourth-order valence-corrected chi connectivity index (χ4v) is 2.37. The van der Waals surface area contributed by atoms with Crippen LogP contribution in [0.1, 0.15) is 39.8 Å². The Morgan fingerprint density at radius 3 is 2.58 bits per heavy atom. The third-order valence-corrected chi connectivity index (χ3v) is 3.57. The number of carboxylic acid groups (broad SMARTS) is 1. The van der Waals surface area contributed by atoms with E-state index in [4.69, 9.17) is 5.11 Å². The Kier molecular flexibility index (Phi) is 6.01. The van der Waals surface area contributed by atoms with Crippen LogP contribution in [0.4, 0.5) is 4.39 Å². The number of carbonyl (C=O) groups excluding carboxylic acids is 1. The number of amides is 1. The van der Waals surface area contributed by atoms with E-state index in [0.29, 0.717) is 25.1 Å². The molecule has 0 unspecified atom stereocenters. The summed E-state index contributed by atoms with van der Waals surface area (Å²) in [6, 6.07) is 9.08. The van der Waals surface area contributed by atoms with Gasteiger partial charge in [-0.25, -0.2) is 14.2 Å². The van der Waals surface area contributed by atoms with Gasteiger partial charge >= 0.3 is 5.97 Å². The Bertz CT molecular complexity index is 716. The van der Waals surface area contributed by atoms with Gasteiger partial charge in [0.05, 0.1) is 5.56 Å². The summed E-state index contributed by atoms with van der Waals surface area (Å²) in [5, 5.41) is 8.85. The molecule has 1 heterocycles. The molecule has 0 aliphatic rings. The predicted octanol–water partition coefficient (Wildman–Crippen LogP) is 3.01. The minimum absolute atomic E-state index is 0.103. The first kappa shape index (κ1) is 17.6. The van der Waals surface area contributed by atoms with E-state index in [2.05, 4.69) is 4.98 Å². The molecule has 5 nitrogen and oxygen atoms in total. The van der Waals surface area contributed by atoms with Crippen molar-refractivity contribution >= 4 is 11.9 Å². The Morgan fingerprint density at radius 2 is 2.00 bits per heavy atom. The summed E-state index contributed by atoms with van der Waals surface area (Å²) in [4.78, 5) is 28.8. The largest absolute Gasteiger partial charge is 0.477 e. The van der Waals surface area contributed by atoms with E-state index < -0.39 is 5.97 Å². The quantitative estimate of drug-likeness (QED) is 0.847. The maximum atomic E-state index is 13.2. The molecule has 0 spiro atoms. The number of carbonyl (C=O) groups is 2. The third-order valence-electron chi connectivity index (χ3n) is 3.57. The Hall–Kier alpha value is -2.76. The maximum absolute atomic E-state index is 13.2. The minimum atomic E-state index is -1.13. The highest BCUT2D eigenvalue weighted by atomic mass is 19.1. The first-order chi connectivity index (χ1) is 11.5. The Morgan fingerprint density at radius 1 is 1.21 bits per heavy atom. The van der Waals surface area contributed by atoms with E-state index in [1.807, 2.05) is 13.0 Å².